The van der Waals surface area contributed by atoms with E-state index >= 15 is 0 Å². The van der Waals surface area contributed by atoms with Gasteiger partial charge in [-0.05, 0) is 26.2 Å². The third kappa shape index (κ3) is 3.89. The molecule has 0 fully saturated rings. The molecule has 0 aliphatic heterocycles. The van der Waals surface area contributed by atoms with Gasteiger partial charge in [0.1, 0.15) is 0 Å². The van der Waals surface area contributed by atoms with E-state index in [9.17, 15) is 0 Å². The molecule has 0 rings (SSSR count). The van der Waals surface area contributed by atoms with Gasteiger partial charge in [0.25, 0.3) is 0 Å². The van der Waals surface area contributed by atoms with Gasteiger partial charge in [0, 0.05) is 12.1 Å². The van der Waals surface area contributed by atoms with Crippen molar-refractivity contribution in [2.45, 2.75) is 59.0 Å². The molecule has 1 atom stereocenters. The summed E-state index contributed by atoms with van der Waals surface area (Å²) in [6, 6.07) is 1.42. The maximum Gasteiger partial charge on any atom is 0.00642 e. The molecular formula is C9H21N. The minimum atomic E-state index is 0.685. The van der Waals surface area contributed by atoms with E-state index in [0.717, 1.165) is 6.04 Å². The summed E-state index contributed by atoms with van der Waals surface area (Å²) in [5, 5.41) is 3.57. The van der Waals surface area contributed by atoms with Crippen molar-refractivity contribution in [1.29, 1.82) is 0 Å². The van der Waals surface area contributed by atoms with Crippen molar-refractivity contribution >= 4 is 0 Å². The molecule has 0 aliphatic carbocycles. The topological polar surface area (TPSA) is 12.0 Å². The number of nitrogens with one attached hydrogen (secondary N) is 1. The molecule has 0 aliphatic rings. The minimum Gasteiger partial charge on any atom is -0.312 e. The highest BCUT2D eigenvalue weighted by Gasteiger charge is 2.04. The Morgan fingerprint density at radius 3 is 1.80 bits per heavy atom. The van der Waals surface area contributed by atoms with Gasteiger partial charge in [-0.1, -0.05) is 20.8 Å². The summed E-state index contributed by atoms with van der Waals surface area (Å²) >= 11 is 0. The van der Waals surface area contributed by atoms with Crippen molar-refractivity contribution in [3.63, 3.8) is 0 Å². The van der Waals surface area contributed by atoms with Crippen molar-refractivity contribution in [2.24, 2.45) is 0 Å². The predicted octanol–water partition coefficient (Wildman–Crippen LogP) is 2.56. The van der Waals surface area contributed by atoms with Crippen LogP contribution in [-0.4, -0.2) is 12.1 Å². The Hall–Kier alpha value is -0.0400. The zero-order chi connectivity index (χ0) is 7.98. The van der Waals surface area contributed by atoms with Crippen LogP contribution in [0.2, 0.25) is 0 Å². The normalized spacial score (nSPS) is 14.1. The number of hydrogen-bond acceptors (Lipinski definition) is 1. The average molecular weight is 143 g/mol. The van der Waals surface area contributed by atoms with Crippen molar-refractivity contribution < 1.29 is 0 Å². The SMILES string of the molecule is CCC(C)NC(CC)CC. The van der Waals surface area contributed by atoms with Gasteiger partial charge in [-0.3, -0.25) is 0 Å². The first-order valence-electron chi connectivity index (χ1n) is 4.50. The standard InChI is InChI=1S/C9H21N/c1-5-8(4)10-9(6-2)7-3/h8-10H,5-7H2,1-4H3. The largest absolute Gasteiger partial charge is 0.312 e. The lowest BCUT2D eigenvalue weighted by Crippen LogP contribution is -2.35. The summed E-state index contributed by atoms with van der Waals surface area (Å²) in [7, 11) is 0. The molecule has 10 heavy (non-hydrogen) atoms. The average Bonchev–Trinajstić information content (AvgIpc) is 1.99. The molecule has 0 amide bonds. The first-order chi connectivity index (χ1) is 4.74. The third-order valence-corrected chi connectivity index (χ3v) is 2.12. The van der Waals surface area contributed by atoms with E-state index in [1.54, 1.807) is 0 Å². The van der Waals surface area contributed by atoms with E-state index in [1.165, 1.54) is 19.3 Å². The fraction of sp³-hybridized carbons (Fsp3) is 1.00. The second-order valence-electron chi connectivity index (χ2n) is 2.99. The van der Waals surface area contributed by atoms with Crippen LogP contribution >= 0.6 is 0 Å². The molecule has 1 heteroatoms. The molecule has 1 N–H and O–H groups in total. The lowest BCUT2D eigenvalue weighted by Gasteiger charge is -2.19. The zero-order valence-corrected chi connectivity index (χ0v) is 7.78. The van der Waals surface area contributed by atoms with Crippen LogP contribution in [0.3, 0.4) is 0 Å². The lowest BCUT2D eigenvalue weighted by atomic mass is 10.1. The van der Waals surface area contributed by atoms with Gasteiger partial charge >= 0.3 is 0 Å². The van der Waals surface area contributed by atoms with Crippen molar-refractivity contribution in [3.05, 3.63) is 0 Å². The maximum atomic E-state index is 3.57. The van der Waals surface area contributed by atoms with Crippen LogP contribution in [0.1, 0.15) is 47.0 Å². The number of rotatable bonds is 5. The summed E-state index contributed by atoms with van der Waals surface area (Å²) in [5.41, 5.74) is 0. The predicted molar refractivity (Wildman–Crippen MR) is 47.3 cm³/mol. The van der Waals surface area contributed by atoms with Gasteiger partial charge in [0.15, 0.2) is 0 Å². The quantitative estimate of drug-likeness (QED) is 0.623. The number of hydrogen-bond donors (Lipinski definition) is 1. The monoisotopic (exact) mass is 143 g/mol. The van der Waals surface area contributed by atoms with E-state index in [-0.39, 0.29) is 0 Å². The van der Waals surface area contributed by atoms with Gasteiger partial charge in [-0.25, -0.2) is 0 Å². The van der Waals surface area contributed by atoms with E-state index in [0.29, 0.717) is 6.04 Å². The van der Waals surface area contributed by atoms with E-state index in [1.807, 2.05) is 0 Å². The summed E-state index contributed by atoms with van der Waals surface area (Å²) in [6.07, 6.45) is 3.73. The lowest BCUT2D eigenvalue weighted by molar-refractivity contribution is 0.417. The molecule has 0 aromatic carbocycles. The van der Waals surface area contributed by atoms with Crippen LogP contribution in [0, 0.1) is 0 Å². The Morgan fingerprint density at radius 2 is 1.50 bits per heavy atom. The molecule has 0 aromatic rings. The molecule has 1 unspecified atom stereocenters. The smallest absolute Gasteiger partial charge is 0.00642 e. The summed E-state index contributed by atoms with van der Waals surface area (Å²) in [4.78, 5) is 0. The van der Waals surface area contributed by atoms with Crippen molar-refractivity contribution in [2.75, 3.05) is 0 Å². The molecule has 0 aromatic heterocycles. The second kappa shape index (κ2) is 5.72. The Bertz CT molecular complexity index is 67.1. The van der Waals surface area contributed by atoms with Crippen molar-refractivity contribution in [3.8, 4) is 0 Å². The fourth-order valence-electron chi connectivity index (χ4n) is 1.04. The Morgan fingerprint density at radius 1 is 1.00 bits per heavy atom. The van der Waals surface area contributed by atoms with Crippen LogP contribution < -0.4 is 5.32 Å². The Kier molecular flexibility index (Phi) is 5.70. The van der Waals surface area contributed by atoms with Gasteiger partial charge in [0.05, 0.1) is 0 Å². The highest BCUT2D eigenvalue weighted by atomic mass is 14.9. The molecule has 0 saturated heterocycles. The van der Waals surface area contributed by atoms with Crippen molar-refractivity contribution in [1.82, 2.24) is 5.32 Å². The van der Waals surface area contributed by atoms with Crippen LogP contribution in [0.25, 0.3) is 0 Å². The summed E-state index contributed by atoms with van der Waals surface area (Å²) < 4.78 is 0. The van der Waals surface area contributed by atoms with Gasteiger partial charge < -0.3 is 5.32 Å². The fourth-order valence-corrected chi connectivity index (χ4v) is 1.04. The van der Waals surface area contributed by atoms with Crippen LogP contribution in [0.4, 0.5) is 0 Å². The zero-order valence-electron chi connectivity index (χ0n) is 7.78. The molecule has 62 valence electrons. The Labute approximate surface area is 65.2 Å². The molecular weight excluding hydrogens is 122 g/mol. The first kappa shape index (κ1) is 9.96. The highest BCUT2D eigenvalue weighted by Crippen LogP contribution is 1.99. The minimum absolute atomic E-state index is 0.685. The summed E-state index contributed by atoms with van der Waals surface area (Å²) in [5.74, 6) is 0. The second-order valence-corrected chi connectivity index (χ2v) is 2.99. The molecule has 0 saturated carbocycles. The molecule has 0 heterocycles. The summed E-state index contributed by atoms with van der Waals surface area (Å²) in [6.45, 7) is 8.95. The Balaban J connectivity index is 3.41. The maximum absolute atomic E-state index is 3.57. The van der Waals surface area contributed by atoms with Crippen LogP contribution in [0.15, 0.2) is 0 Å². The van der Waals surface area contributed by atoms with Gasteiger partial charge in [-0.2, -0.15) is 0 Å². The third-order valence-electron chi connectivity index (χ3n) is 2.12. The molecule has 0 bridgehead atoms. The highest BCUT2D eigenvalue weighted by molar-refractivity contribution is 4.66. The van der Waals surface area contributed by atoms with Crippen LogP contribution in [-0.2, 0) is 0 Å². The van der Waals surface area contributed by atoms with E-state index in [4.69, 9.17) is 0 Å². The molecule has 1 nitrogen and oxygen atoms in total. The van der Waals surface area contributed by atoms with Gasteiger partial charge in [-0.15, -0.1) is 0 Å². The first-order valence-corrected chi connectivity index (χ1v) is 4.50. The van der Waals surface area contributed by atoms with Crippen LogP contribution in [0.5, 0.6) is 0 Å². The van der Waals surface area contributed by atoms with Gasteiger partial charge in [0.2, 0.25) is 0 Å². The van der Waals surface area contributed by atoms with E-state index in [2.05, 4.69) is 33.0 Å². The molecule has 0 radical (unpaired) electrons. The molecule has 0 spiro atoms. The van der Waals surface area contributed by atoms with E-state index < -0.39 is 0 Å².